The SMILES string of the molecule is Cc1cc(C)cc(N2CCC(C(=O)NC(C(N)=O)c3cccc(Br)c3)C2=O)c1. The molecule has 1 aliphatic heterocycles. The van der Waals surface area contributed by atoms with Crippen LogP contribution in [0.5, 0.6) is 0 Å². The van der Waals surface area contributed by atoms with E-state index in [0.717, 1.165) is 21.3 Å². The van der Waals surface area contributed by atoms with Crippen molar-refractivity contribution in [2.24, 2.45) is 11.7 Å². The number of nitrogens with one attached hydrogen (secondary N) is 1. The molecule has 1 heterocycles. The Morgan fingerprint density at radius 3 is 2.46 bits per heavy atom. The number of aryl methyl sites for hydroxylation is 2. The van der Waals surface area contributed by atoms with Crippen LogP contribution >= 0.6 is 15.9 Å². The molecule has 2 aromatic carbocycles. The van der Waals surface area contributed by atoms with Crippen LogP contribution < -0.4 is 16.0 Å². The van der Waals surface area contributed by atoms with Crippen LogP contribution in [-0.4, -0.2) is 24.3 Å². The molecule has 0 bridgehead atoms. The predicted molar refractivity (Wildman–Crippen MR) is 111 cm³/mol. The highest BCUT2D eigenvalue weighted by Crippen LogP contribution is 2.28. The molecule has 2 unspecified atom stereocenters. The fraction of sp³-hybridized carbons (Fsp3) is 0.286. The Bertz CT molecular complexity index is 924. The number of primary amides is 1. The normalized spacial score (nSPS) is 17.5. The summed E-state index contributed by atoms with van der Waals surface area (Å²) in [5.41, 5.74) is 8.95. The van der Waals surface area contributed by atoms with E-state index in [9.17, 15) is 14.4 Å². The van der Waals surface area contributed by atoms with E-state index in [2.05, 4.69) is 21.2 Å². The van der Waals surface area contributed by atoms with E-state index in [4.69, 9.17) is 5.73 Å². The maximum atomic E-state index is 12.9. The molecular formula is C21H22BrN3O3. The smallest absolute Gasteiger partial charge is 0.244 e. The lowest BCUT2D eigenvalue weighted by atomic mass is 10.0. The number of halogens is 1. The van der Waals surface area contributed by atoms with Crippen LogP contribution in [-0.2, 0) is 14.4 Å². The van der Waals surface area contributed by atoms with Gasteiger partial charge in [-0.3, -0.25) is 14.4 Å². The van der Waals surface area contributed by atoms with E-state index >= 15 is 0 Å². The summed E-state index contributed by atoms with van der Waals surface area (Å²) < 4.78 is 0.767. The van der Waals surface area contributed by atoms with Gasteiger partial charge in [-0.1, -0.05) is 34.1 Å². The third-order valence-electron chi connectivity index (χ3n) is 4.79. The van der Waals surface area contributed by atoms with Crippen LogP contribution in [0.25, 0.3) is 0 Å². The number of amides is 3. The van der Waals surface area contributed by atoms with E-state index in [0.29, 0.717) is 18.5 Å². The van der Waals surface area contributed by atoms with Gasteiger partial charge >= 0.3 is 0 Å². The second-order valence-corrected chi connectivity index (χ2v) is 7.99. The fourth-order valence-electron chi connectivity index (χ4n) is 3.53. The predicted octanol–water partition coefficient (Wildman–Crippen LogP) is 2.76. The zero-order valence-corrected chi connectivity index (χ0v) is 17.3. The maximum absolute atomic E-state index is 12.9. The molecule has 0 spiro atoms. The van der Waals surface area contributed by atoms with Crippen molar-refractivity contribution in [3.8, 4) is 0 Å². The number of carbonyl (C=O) groups excluding carboxylic acids is 3. The minimum Gasteiger partial charge on any atom is -0.368 e. The molecule has 28 heavy (non-hydrogen) atoms. The third-order valence-corrected chi connectivity index (χ3v) is 5.29. The second kappa shape index (κ2) is 8.14. The van der Waals surface area contributed by atoms with Gasteiger partial charge in [0, 0.05) is 16.7 Å². The molecule has 1 saturated heterocycles. The second-order valence-electron chi connectivity index (χ2n) is 7.08. The number of nitrogens with two attached hydrogens (primary N) is 1. The van der Waals surface area contributed by atoms with Gasteiger partial charge in [-0.15, -0.1) is 0 Å². The molecule has 3 rings (SSSR count). The number of rotatable bonds is 5. The Morgan fingerprint density at radius 2 is 1.86 bits per heavy atom. The van der Waals surface area contributed by atoms with Gasteiger partial charge in [0.05, 0.1) is 0 Å². The molecule has 3 N–H and O–H groups in total. The molecule has 146 valence electrons. The molecule has 0 radical (unpaired) electrons. The highest BCUT2D eigenvalue weighted by Gasteiger charge is 2.39. The summed E-state index contributed by atoms with van der Waals surface area (Å²) >= 11 is 3.34. The zero-order chi connectivity index (χ0) is 20.4. The van der Waals surface area contributed by atoms with Gasteiger partial charge in [0.15, 0.2) is 0 Å². The standard InChI is InChI=1S/C21H22BrN3O3/c1-12-8-13(2)10-16(9-12)25-7-6-17(21(25)28)20(27)24-18(19(23)26)14-4-3-5-15(22)11-14/h3-5,8-11,17-18H,6-7H2,1-2H3,(H2,23,26)(H,24,27). The molecular weight excluding hydrogens is 422 g/mol. The molecule has 2 atom stereocenters. The minimum absolute atomic E-state index is 0.264. The maximum Gasteiger partial charge on any atom is 0.244 e. The molecule has 7 heteroatoms. The average molecular weight is 444 g/mol. The van der Waals surface area contributed by atoms with Gasteiger partial charge in [0.2, 0.25) is 17.7 Å². The van der Waals surface area contributed by atoms with Crippen LogP contribution in [0.4, 0.5) is 5.69 Å². The highest BCUT2D eigenvalue weighted by molar-refractivity contribution is 9.10. The van der Waals surface area contributed by atoms with Gasteiger partial charge in [-0.05, 0) is 61.2 Å². The van der Waals surface area contributed by atoms with E-state index in [1.54, 1.807) is 23.1 Å². The summed E-state index contributed by atoms with van der Waals surface area (Å²) in [6.45, 7) is 4.39. The molecule has 0 aromatic heterocycles. The lowest BCUT2D eigenvalue weighted by molar-refractivity contribution is -0.134. The minimum atomic E-state index is -0.993. The van der Waals surface area contributed by atoms with Crippen LogP contribution in [0.15, 0.2) is 46.9 Å². The number of hydrogen-bond donors (Lipinski definition) is 2. The summed E-state index contributed by atoms with van der Waals surface area (Å²) in [7, 11) is 0. The number of anilines is 1. The van der Waals surface area contributed by atoms with Gasteiger partial charge in [-0.25, -0.2) is 0 Å². The third kappa shape index (κ3) is 4.25. The Kier molecular flexibility index (Phi) is 5.84. The summed E-state index contributed by atoms with van der Waals surface area (Å²) in [5.74, 6) is -2.27. The van der Waals surface area contributed by atoms with Crippen molar-refractivity contribution in [3.05, 3.63) is 63.6 Å². The van der Waals surface area contributed by atoms with Crippen molar-refractivity contribution in [3.63, 3.8) is 0 Å². The fourth-order valence-corrected chi connectivity index (χ4v) is 3.95. The molecule has 0 saturated carbocycles. The van der Waals surface area contributed by atoms with Gasteiger partial charge in [0.25, 0.3) is 0 Å². The zero-order valence-electron chi connectivity index (χ0n) is 15.7. The van der Waals surface area contributed by atoms with E-state index in [1.165, 1.54) is 0 Å². The Labute approximate surface area is 172 Å². The Hall–Kier alpha value is -2.67. The van der Waals surface area contributed by atoms with Crippen LogP contribution in [0.1, 0.15) is 29.2 Å². The van der Waals surface area contributed by atoms with Crippen molar-refractivity contribution in [1.82, 2.24) is 5.32 Å². The Balaban J connectivity index is 1.77. The summed E-state index contributed by atoms with van der Waals surface area (Å²) in [6.07, 6.45) is 0.390. The van der Waals surface area contributed by atoms with Crippen molar-refractivity contribution < 1.29 is 14.4 Å². The van der Waals surface area contributed by atoms with Crippen molar-refractivity contribution in [1.29, 1.82) is 0 Å². The number of carbonyl (C=O) groups is 3. The summed E-state index contributed by atoms with van der Waals surface area (Å²) in [6, 6.07) is 11.9. The molecule has 3 amide bonds. The lowest BCUT2D eigenvalue weighted by Crippen LogP contribution is -2.42. The first-order valence-electron chi connectivity index (χ1n) is 9.01. The van der Waals surface area contributed by atoms with E-state index < -0.39 is 23.8 Å². The number of hydrogen-bond acceptors (Lipinski definition) is 3. The molecule has 0 aliphatic carbocycles. The van der Waals surface area contributed by atoms with E-state index in [-0.39, 0.29) is 5.91 Å². The molecule has 1 aliphatic rings. The average Bonchev–Trinajstić information content (AvgIpc) is 3.00. The summed E-state index contributed by atoms with van der Waals surface area (Å²) in [4.78, 5) is 39.1. The highest BCUT2D eigenvalue weighted by atomic mass is 79.9. The molecule has 2 aromatic rings. The first kappa shape index (κ1) is 20.1. The van der Waals surface area contributed by atoms with Crippen molar-refractivity contribution in [2.45, 2.75) is 26.3 Å². The van der Waals surface area contributed by atoms with Crippen molar-refractivity contribution >= 4 is 39.3 Å². The molecule has 6 nitrogen and oxygen atoms in total. The quantitative estimate of drug-likeness (QED) is 0.695. The van der Waals surface area contributed by atoms with Gasteiger partial charge in [-0.2, -0.15) is 0 Å². The lowest BCUT2D eigenvalue weighted by Gasteiger charge is -2.20. The largest absolute Gasteiger partial charge is 0.368 e. The van der Waals surface area contributed by atoms with Crippen molar-refractivity contribution in [2.75, 3.05) is 11.4 Å². The monoisotopic (exact) mass is 443 g/mol. The van der Waals surface area contributed by atoms with Crippen LogP contribution in [0.2, 0.25) is 0 Å². The van der Waals surface area contributed by atoms with Crippen LogP contribution in [0.3, 0.4) is 0 Å². The van der Waals surface area contributed by atoms with Gasteiger partial charge < -0.3 is 16.0 Å². The summed E-state index contributed by atoms with van der Waals surface area (Å²) in [5, 5.41) is 2.65. The topological polar surface area (TPSA) is 92.5 Å². The number of nitrogens with zero attached hydrogens (tertiary/aromatic N) is 1. The van der Waals surface area contributed by atoms with Gasteiger partial charge in [0.1, 0.15) is 12.0 Å². The number of benzene rings is 2. The van der Waals surface area contributed by atoms with Crippen LogP contribution in [0, 0.1) is 19.8 Å². The molecule has 1 fully saturated rings. The first-order valence-corrected chi connectivity index (χ1v) is 9.80. The first-order chi connectivity index (χ1) is 13.3. The van der Waals surface area contributed by atoms with E-state index in [1.807, 2.05) is 38.1 Å². The Morgan fingerprint density at radius 1 is 1.18 bits per heavy atom.